The number of hydrogen-bond donors (Lipinski definition) is 3. The number of aliphatic hydroxyl groups excluding tert-OH is 2. The zero-order chi connectivity index (χ0) is 55.7. The average molecular weight is 1080 g/mol. The van der Waals surface area contributed by atoms with Crippen LogP contribution in [0.3, 0.4) is 0 Å². The Morgan fingerprint density at radius 1 is 0.351 bits per heavy atom. The lowest BCUT2D eigenvalue weighted by molar-refractivity contribution is -0.143. The summed E-state index contributed by atoms with van der Waals surface area (Å²) in [5, 5.41) is 23.3. The van der Waals surface area contributed by atoms with Gasteiger partial charge in [0.2, 0.25) is 5.91 Å². The number of nitrogens with one attached hydrogen (secondary N) is 1. The molecule has 0 saturated heterocycles. The Balaban J connectivity index is 3.42. The van der Waals surface area contributed by atoms with Gasteiger partial charge in [0.1, 0.15) is 0 Å². The summed E-state index contributed by atoms with van der Waals surface area (Å²) in [7, 11) is 0. The van der Waals surface area contributed by atoms with Crippen LogP contribution in [-0.4, -0.2) is 47.4 Å². The van der Waals surface area contributed by atoms with Gasteiger partial charge in [0, 0.05) is 12.8 Å². The highest BCUT2D eigenvalue weighted by Crippen LogP contribution is 2.19. The second-order valence-electron chi connectivity index (χ2n) is 24.2. The van der Waals surface area contributed by atoms with Gasteiger partial charge < -0.3 is 20.3 Å². The van der Waals surface area contributed by atoms with Gasteiger partial charge in [-0.15, -0.1) is 0 Å². The first-order chi connectivity index (χ1) is 38.0. The van der Waals surface area contributed by atoms with Crippen LogP contribution in [0.5, 0.6) is 0 Å². The molecule has 0 aliphatic heterocycles. The summed E-state index contributed by atoms with van der Waals surface area (Å²) in [6.45, 7) is 4.93. The molecule has 0 aliphatic rings. The van der Waals surface area contributed by atoms with Gasteiger partial charge in [0.15, 0.2) is 0 Å². The molecule has 0 heterocycles. The fraction of sp³-hybridized carbons (Fsp3) is 0.915. The van der Waals surface area contributed by atoms with E-state index in [2.05, 4.69) is 31.3 Å². The molecule has 77 heavy (non-hydrogen) atoms. The number of ether oxygens (including phenoxy) is 1. The smallest absolute Gasteiger partial charge is 0.305 e. The third-order valence-corrected chi connectivity index (χ3v) is 16.5. The fourth-order valence-corrected chi connectivity index (χ4v) is 11.1. The molecule has 6 heteroatoms. The topological polar surface area (TPSA) is 95.9 Å². The molecule has 0 fully saturated rings. The molecule has 0 radical (unpaired) electrons. The predicted molar refractivity (Wildman–Crippen MR) is 338 cm³/mol. The number of amides is 1. The molecule has 1 amide bonds. The third-order valence-electron chi connectivity index (χ3n) is 16.5. The number of allylic oxidation sites excluding steroid dienone is 3. The quantitative estimate of drug-likeness (QED) is 0.0320. The van der Waals surface area contributed by atoms with Gasteiger partial charge in [-0.2, -0.15) is 0 Å². The summed E-state index contributed by atoms with van der Waals surface area (Å²) in [6, 6.07) is -0.631. The van der Waals surface area contributed by atoms with Gasteiger partial charge >= 0.3 is 5.97 Å². The van der Waals surface area contributed by atoms with Gasteiger partial charge in [-0.3, -0.25) is 9.59 Å². The number of carbonyl (C=O) groups excluding carboxylic acids is 2. The minimum Gasteiger partial charge on any atom is -0.466 e. The molecule has 0 spiro atoms. The molecule has 3 N–H and O–H groups in total. The average Bonchev–Trinajstić information content (AvgIpc) is 3.43. The molecule has 2 atom stereocenters. The Morgan fingerprint density at radius 2 is 0.610 bits per heavy atom. The number of rotatable bonds is 66. The lowest BCUT2D eigenvalue weighted by atomic mass is 10.0. The highest BCUT2D eigenvalue weighted by atomic mass is 16.5. The Labute approximate surface area is 481 Å². The molecule has 0 aromatic carbocycles. The summed E-state index contributed by atoms with van der Waals surface area (Å²) < 4.78 is 5.49. The van der Waals surface area contributed by atoms with Gasteiger partial charge in [0.05, 0.1) is 25.4 Å². The predicted octanol–water partition coefficient (Wildman–Crippen LogP) is 22.5. The van der Waals surface area contributed by atoms with E-state index in [-0.39, 0.29) is 18.5 Å². The van der Waals surface area contributed by atoms with Gasteiger partial charge in [-0.1, -0.05) is 346 Å². The van der Waals surface area contributed by atoms with E-state index < -0.39 is 12.1 Å². The molecule has 0 aliphatic carbocycles. The van der Waals surface area contributed by atoms with E-state index in [0.717, 1.165) is 44.9 Å². The molecule has 6 nitrogen and oxygen atoms in total. The monoisotopic (exact) mass is 1080 g/mol. The Hall–Kier alpha value is -1.66. The molecule has 0 aromatic rings. The minimum atomic E-state index is -0.847. The first-order valence-corrected chi connectivity index (χ1v) is 35.1. The molecule has 0 bridgehead atoms. The number of esters is 1. The van der Waals surface area contributed by atoms with Crippen LogP contribution in [0.4, 0.5) is 0 Å². The summed E-state index contributed by atoms with van der Waals surface area (Å²) in [5.41, 5.74) is 0. The van der Waals surface area contributed by atoms with Gasteiger partial charge in [0.25, 0.3) is 0 Å². The molecule has 2 unspecified atom stereocenters. The van der Waals surface area contributed by atoms with Crippen LogP contribution >= 0.6 is 0 Å². The summed E-state index contributed by atoms with van der Waals surface area (Å²) in [6.07, 6.45) is 83.9. The van der Waals surface area contributed by atoms with Crippen molar-refractivity contribution in [1.82, 2.24) is 5.32 Å². The van der Waals surface area contributed by atoms with Crippen LogP contribution < -0.4 is 5.32 Å². The zero-order valence-electron chi connectivity index (χ0n) is 52.2. The van der Waals surface area contributed by atoms with Crippen molar-refractivity contribution in [1.29, 1.82) is 0 Å². The summed E-state index contributed by atoms with van der Waals surface area (Å²) >= 11 is 0. The van der Waals surface area contributed by atoms with Crippen molar-refractivity contribution >= 4 is 11.9 Å². The SMILES string of the molecule is CCCCCCCC/C=C\CCCCCCCC(=O)OCCCCCCCCCCCCCCCCCCCCCCC(=O)NC(CO)C(O)/C=C/CCCCCCCCCCCCCCCCCCCCCCCCC. The largest absolute Gasteiger partial charge is 0.466 e. The van der Waals surface area contributed by atoms with Crippen LogP contribution in [0, 0.1) is 0 Å². The van der Waals surface area contributed by atoms with Crippen LogP contribution in [-0.2, 0) is 14.3 Å². The van der Waals surface area contributed by atoms with Crippen molar-refractivity contribution < 1.29 is 24.5 Å². The van der Waals surface area contributed by atoms with Crippen molar-refractivity contribution in [2.24, 2.45) is 0 Å². The molecule has 0 aromatic heterocycles. The number of aliphatic hydroxyl groups is 2. The van der Waals surface area contributed by atoms with Crippen LogP contribution in [0.1, 0.15) is 393 Å². The highest BCUT2D eigenvalue weighted by molar-refractivity contribution is 5.76. The minimum absolute atomic E-state index is 0.00298. The number of hydrogen-bond acceptors (Lipinski definition) is 5. The lowest BCUT2D eigenvalue weighted by Gasteiger charge is -2.20. The third kappa shape index (κ3) is 63.4. The highest BCUT2D eigenvalue weighted by Gasteiger charge is 2.18. The van der Waals surface area contributed by atoms with E-state index >= 15 is 0 Å². The molecular formula is C71H137NO5. The standard InChI is InChI=1S/C71H137NO5/c1-3-5-7-9-11-13-15-17-19-20-21-22-23-24-25-26-29-32-36-39-43-47-51-55-59-63-69(74)68(67-73)72-70(75)64-60-56-52-48-44-40-37-33-30-27-28-31-34-38-42-46-50-54-58-62-66-77-71(76)65-61-57-53-49-45-41-35-18-16-14-12-10-8-6-4-2/h18,35,59,63,68-69,73-74H,3-17,19-34,36-58,60-62,64-67H2,1-2H3,(H,72,75)/b35-18-,63-59+. The van der Waals surface area contributed by atoms with E-state index in [4.69, 9.17) is 4.74 Å². The maximum Gasteiger partial charge on any atom is 0.305 e. The second-order valence-corrected chi connectivity index (χ2v) is 24.2. The van der Waals surface area contributed by atoms with E-state index in [1.807, 2.05) is 6.08 Å². The van der Waals surface area contributed by atoms with Crippen molar-refractivity contribution in [3.8, 4) is 0 Å². The lowest BCUT2D eigenvalue weighted by Crippen LogP contribution is -2.45. The molecule has 0 rings (SSSR count). The second kappa shape index (κ2) is 66.8. The fourth-order valence-electron chi connectivity index (χ4n) is 11.1. The maximum absolute atomic E-state index is 12.5. The van der Waals surface area contributed by atoms with Crippen molar-refractivity contribution in [2.45, 2.75) is 405 Å². The van der Waals surface area contributed by atoms with E-state index in [1.54, 1.807) is 6.08 Å². The summed E-state index contributed by atoms with van der Waals surface area (Å²) in [4.78, 5) is 24.6. The maximum atomic E-state index is 12.5. The van der Waals surface area contributed by atoms with Gasteiger partial charge in [-0.25, -0.2) is 0 Å². The van der Waals surface area contributed by atoms with Crippen LogP contribution in [0.2, 0.25) is 0 Å². The Bertz CT molecular complexity index is 1200. The number of unbranched alkanes of at least 4 members (excludes halogenated alkanes) is 53. The van der Waals surface area contributed by atoms with Crippen molar-refractivity contribution in [3.63, 3.8) is 0 Å². The first-order valence-electron chi connectivity index (χ1n) is 35.1. The zero-order valence-corrected chi connectivity index (χ0v) is 52.2. The van der Waals surface area contributed by atoms with Gasteiger partial charge in [-0.05, 0) is 57.8 Å². The Kier molecular flexibility index (Phi) is 65.4. The summed E-state index contributed by atoms with van der Waals surface area (Å²) in [5.74, 6) is -0.0624. The molecule has 0 saturated carbocycles. The Morgan fingerprint density at radius 3 is 0.922 bits per heavy atom. The number of carbonyl (C=O) groups is 2. The van der Waals surface area contributed by atoms with E-state index in [1.165, 1.54) is 321 Å². The first kappa shape index (κ1) is 75.3. The molecule has 456 valence electrons. The van der Waals surface area contributed by atoms with E-state index in [0.29, 0.717) is 19.4 Å². The van der Waals surface area contributed by atoms with Crippen molar-refractivity contribution in [3.05, 3.63) is 24.3 Å². The molecular weight excluding hydrogens is 947 g/mol. The van der Waals surface area contributed by atoms with E-state index in [9.17, 15) is 19.8 Å². The van der Waals surface area contributed by atoms with Crippen LogP contribution in [0.15, 0.2) is 24.3 Å². The van der Waals surface area contributed by atoms with Crippen molar-refractivity contribution in [2.75, 3.05) is 13.2 Å². The normalized spacial score (nSPS) is 12.6. The van der Waals surface area contributed by atoms with Crippen LogP contribution in [0.25, 0.3) is 0 Å².